The number of hydrogen-bond acceptors (Lipinski definition) is 2. The summed E-state index contributed by atoms with van der Waals surface area (Å²) in [7, 11) is 0. The lowest BCUT2D eigenvalue weighted by Gasteiger charge is -1.98. The summed E-state index contributed by atoms with van der Waals surface area (Å²) in [4.78, 5) is 0. The Morgan fingerprint density at radius 2 is 2.29 bits per heavy atom. The first-order valence-corrected chi connectivity index (χ1v) is 3.19. The molecule has 0 aliphatic rings. The lowest BCUT2D eigenvalue weighted by molar-refractivity contribution is 0.184. The van der Waals surface area contributed by atoms with Crippen LogP contribution in [0, 0.1) is 0 Å². The van der Waals surface area contributed by atoms with Crippen LogP contribution in [-0.2, 0) is 0 Å². The molecule has 2 heteroatoms. The summed E-state index contributed by atoms with van der Waals surface area (Å²) in [5.41, 5.74) is 0. The van der Waals surface area contributed by atoms with Gasteiger partial charge < -0.3 is 5.11 Å². The molecule has 0 saturated carbocycles. The van der Waals surface area contributed by atoms with Crippen LogP contribution in [0.15, 0.2) is 0 Å². The maximum Gasteiger partial charge on any atom is 0.0512 e. The van der Waals surface area contributed by atoms with Crippen molar-refractivity contribution in [2.24, 2.45) is 0 Å². The molecule has 0 heterocycles. The van der Waals surface area contributed by atoms with Crippen LogP contribution < -0.4 is 0 Å². The van der Waals surface area contributed by atoms with E-state index in [0.717, 1.165) is 18.6 Å². The Kier molecular flexibility index (Phi) is 4.67. The van der Waals surface area contributed by atoms with Gasteiger partial charge in [0.05, 0.1) is 6.10 Å². The van der Waals surface area contributed by atoms with Crippen molar-refractivity contribution in [1.82, 2.24) is 0 Å². The Hall–Kier alpha value is 0.310. The van der Waals surface area contributed by atoms with Crippen LogP contribution in [0.3, 0.4) is 0 Å². The summed E-state index contributed by atoms with van der Waals surface area (Å²) >= 11 is 3.98. The van der Waals surface area contributed by atoms with Crippen LogP contribution >= 0.6 is 12.6 Å². The second kappa shape index (κ2) is 4.47. The Labute approximate surface area is 50.1 Å². The van der Waals surface area contributed by atoms with Gasteiger partial charge in [-0.05, 0) is 25.5 Å². The van der Waals surface area contributed by atoms with E-state index in [4.69, 9.17) is 5.11 Å². The summed E-state index contributed by atoms with van der Waals surface area (Å²) in [6.45, 7) is 1.80. The lowest BCUT2D eigenvalue weighted by atomic mass is 10.2. The number of aliphatic hydroxyl groups excluding tert-OH is 1. The van der Waals surface area contributed by atoms with Crippen molar-refractivity contribution in [2.75, 3.05) is 5.75 Å². The van der Waals surface area contributed by atoms with Gasteiger partial charge >= 0.3 is 0 Å². The minimum Gasteiger partial charge on any atom is -0.393 e. The Morgan fingerprint density at radius 3 is 2.43 bits per heavy atom. The first kappa shape index (κ1) is 7.31. The van der Waals surface area contributed by atoms with Crippen LogP contribution in [0.25, 0.3) is 0 Å². The molecule has 1 atom stereocenters. The van der Waals surface area contributed by atoms with Gasteiger partial charge in [-0.3, -0.25) is 0 Å². The van der Waals surface area contributed by atoms with Gasteiger partial charge in [-0.25, -0.2) is 0 Å². The standard InChI is InChI=1S/C5H12OS/c1-5(6)3-2-4-7/h5-7H,2-4H2,1H3. The van der Waals surface area contributed by atoms with Crippen molar-refractivity contribution in [1.29, 1.82) is 0 Å². The van der Waals surface area contributed by atoms with E-state index in [2.05, 4.69) is 12.6 Å². The second-order valence-electron chi connectivity index (χ2n) is 1.71. The van der Waals surface area contributed by atoms with Crippen molar-refractivity contribution in [2.45, 2.75) is 25.9 Å². The van der Waals surface area contributed by atoms with Crippen LogP contribution in [0.1, 0.15) is 19.8 Å². The molecule has 0 aliphatic carbocycles. The van der Waals surface area contributed by atoms with E-state index in [1.165, 1.54) is 0 Å². The average molecular weight is 120 g/mol. The maximum atomic E-state index is 8.65. The highest BCUT2D eigenvalue weighted by atomic mass is 32.1. The molecule has 0 saturated heterocycles. The average Bonchev–Trinajstić information content (AvgIpc) is 1.61. The zero-order valence-electron chi connectivity index (χ0n) is 4.59. The SMILES string of the molecule is CC(O)CCCS. The van der Waals surface area contributed by atoms with Gasteiger partial charge in [0.25, 0.3) is 0 Å². The molecule has 0 rings (SSSR count). The monoisotopic (exact) mass is 120 g/mol. The molecule has 7 heavy (non-hydrogen) atoms. The molecular formula is C5H12OS. The molecule has 0 fully saturated rings. The van der Waals surface area contributed by atoms with Crippen LogP contribution in [0.5, 0.6) is 0 Å². The molecule has 1 nitrogen and oxygen atoms in total. The first-order valence-electron chi connectivity index (χ1n) is 2.56. The number of rotatable bonds is 3. The number of hydrogen-bond donors (Lipinski definition) is 2. The van der Waals surface area contributed by atoms with E-state index in [-0.39, 0.29) is 6.10 Å². The zero-order chi connectivity index (χ0) is 5.70. The van der Waals surface area contributed by atoms with Gasteiger partial charge in [-0.15, -0.1) is 0 Å². The molecular weight excluding hydrogens is 108 g/mol. The third-order valence-electron chi connectivity index (χ3n) is 0.780. The lowest BCUT2D eigenvalue weighted by Crippen LogP contribution is -1.98. The van der Waals surface area contributed by atoms with Gasteiger partial charge in [0, 0.05) is 0 Å². The van der Waals surface area contributed by atoms with Crippen molar-refractivity contribution < 1.29 is 5.11 Å². The van der Waals surface area contributed by atoms with E-state index in [0.29, 0.717) is 0 Å². The predicted molar refractivity (Wildman–Crippen MR) is 34.8 cm³/mol. The molecule has 0 spiro atoms. The van der Waals surface area contributed by atoms with Gasteiger partial charge in [-0.1, -0.05) is 0 Å². The van der Waals surface area contributed by atoms with Gasteiger partial charge in [-0.2, -0.15) is 12.6 Å². The molecule has 0 aromatic rings. The first-order chi connectivity index (χ1) is 3.27. The normalized spacial score (nSPS) is 14.1. The van der Waals surface area contributed by atoms with Crippen molar-refractivity contribution in [3.05, 3.63) is 0 Å². The predicted octanol–water partition coefficient (Wildman–Crippen LogP) is 1.08. The van der Waals surface area contributed by atoms with Crippen molar-refractivity contribution >= 4 is 12.6 Å². The molecule has 1 unspecified atom stereocenters. The fourth-order valence-corrected chi connectivity index (χ4v) is 0.569. The third-order valence-corrected chi connectivity index (χ3v) is 1.10. The second-order valence-corrected chi connectivity index (χ2v) is 2.16. The third kappa shape index (κ3) is 6.31. The Morgan fingerprint density at radius 1 is 1.71 bits per heavy atom. The number of thiol groups is 1. The molecule has 0 aliphatic heterocycles. The fraction of sp³-hybridized carbons (Fsp3) is 1.00. The molecule has 0 aromatic carbocycles. The van der Waals surface area contributed by atoms with Crippen LogP contribution in [0.4, 0.5) is 0 Å². The van der Waals surface area contributed by atoms with Gasteiger partial charge in [0.2, 0.25) is 0 Å². The minimum absolute atomic E-state index is 0.146. The summed E-state index contributed by atoms with van der Waals surface area (Å²) < 4.78 is 0. The van der Waals surface area contributed by atoms with E-state index in [9.17, 15) is 0 Å². The largest absolute Gasteiger partial charge is 0.393 e. The topological polar surface area (TPSA) is 20.2 Å². The Balaban J connectivity index is 2.68. The minimum atomic E-state index is -0.146. The van der Waals surface area contributed by atoms with E-state index in [1.807, 2.05) is 0 Å². The fourth-order valence-electron chi connectivity index (χ4n) is 0.387. The van der Waals surface area contributed by atoms with Crippen molar-refractivity contribution in [3.8, 4) is 0 Å². The quantitative estimate of drug-likeness (QED) is 0.534. The highest BCUT2D eigenvalue weighted by Crippen LogP contribution is 1.95. The summed E-state index contributed by atoms with van der Waals surface area (Å²) in [5.74, 6) is 0.880. The highest BCUT2D eigenvalue weighted by Gasteiger charge is 1.90. The smallest absolute Gasteiger partial charge is 0.0512 e. The summed E-state index contributed by atoms with van der Waals surface area (Å²) in [5, 5.41) is 8.65. The van der Waals surface area contributed by atoms with Gasteiger partial charge in [0.15, 0.2) is 0 Å². The summed E-state index contributed by atoms with van der Waals surface area (Å²) in [6.07, 6.45) is 1.75. The molecule has 0 radical (unpaired) electrons. The molecule has 44 valence electrons. The van der Waals surface area contributed by atoms with E-state index < -0.39 is 0 Å². The number of aliphatic hydroxyl groups is 1. The molecule has 0 bridgehead atoms. The maximum absolute atomic E-state index is 8.65. The Bertz CT molecular complexity index is 37.1. The molecule has 1 N–H and O–H groups in total. The van der Waals surface area contributed by atoms with Crippen molar-refractivity contribution in [3.63, 3.8) is 0 Å². The van der Waals surface area contributed by atoms with E-state index >= 15 is 0 Å². The molecule has 0 aromatic heterocycles. The summed E-state index contributed by atoms with van der Waals surface area (Å²) in [6, 6.07) is 0. The van der Waals surface area contributed by atoms with E-state index in [1.54, 1.807) is 6.92 Å². The van der Waals surface area contributed by atoms with Crippen LogP contribution in [0.2, 0.25) is 0 Å². The molecule has 0 amide bonds. The highest BCUT2D eigenvalue weighted by molar-refractivity contribution is 7.80. The van der Waals surface area contributed by atoms with Crippen LogP contribution in [-0.4, -0.2) is 17.0 Å². The zero-order valence-corrected chi connectivity index (χ0v) is 5.49. The van der Waals surface area contributed by atoms with Gasteiger partial charge in [0.1, 0.15) is 0 Å².